The molecule has 1 N–H and O–H groups in total. The van der Waals surface area contributed by atoms with Crippen LogP contribution in [0.2, 0.25) is 0 Å². The summed E-state index contributed by atoms with van der Waals surface area (Å²) >= 11 is 0. The second-order valence-electron chi connectivity index (χ2n) is 5.59. The Morgan fingerprint density at radius 1 is 1.47 bits per heavy atom. The maximum Gasteiger partial charge on any atom is 0.244 e. The van der Waals surface area contributed by atoms with Gasteiger partial charge >= 0.3 is 0 Å². The van der Waals surface area contributed by atoms with E-state index in [-0.39, 0.29) is 5.54 Å². The van der Waals surface area contributed by atoms with Gasteiger partial charge in [-0.3, -0.25) is 10.1 Å². The minimum atomic E-state index is -0.112. The zero-order valence-electron chi connectivity index (χ0n) is 9.62. The zero-order valence-corrected chi connectivity index (χ0v) is 9.62. The van der Waals surface area contributed by atoms with Crippen molar-refractivity contribution in [2.45, 2.75) is 63.7 Å². The van der Waals surface area contributed by atoms with Crippen LogP contribution < -0.4 is 5.32 Å². The van der Waals surface area contributed by atoms with Crippen molar-refractivity contribution in [1.29, 1.82) is 0 Å². The van der Waals surface area contributed by atoms with Gasteiger partial charge in [-0.15, -0.1) is 0 Å². The Morgan fingerprint density at radius 2 is 2.13 bits per heavy atom. The number of hydrogen-bond acceptors (Lipinski definition) is 2. The molecule has 0 radical (unpaired) electrons. The molecule has 15 heavy (non-hydrogen) atoms. The molecule has 3 aliphatic rings. The first-order valence-corrected chi connectivity index (χ1v) is 6.27. The number of hydrogen-bond donors (Lipinski definition) is 1. The Morgan fingerprint density at radius 3 is 2.60 bits per heavy atom. The molecule has 1 heterocycles. The molecule has 3 fully saturated rings. The second kappa shape index (κ2) is 2.97. The second-order valence-corrected chi connectivity index (χ2v) is 5.59. The first kappa shape index (κ1) is 9.64. The van der Waals surface area contributed by atoms with E-state index in [2.05, 4.69) is 24.1 Å². The number of rotatable bonds is 2. The number of nitrogens with one attached hydrogen (secondary N) is 1. The van der Waals surface area contributed by atoms with Crippen LogP contribution in [0.5, 0.6) is 0 Å². The zero-order chi connectivity index (χ0) is 10.6. The Hall–Kier alpha value is -0.570. The molecule has 3 heteroatoms. The van der Waals surface area contributed by atoms with E-state index in [0.717, 1.165) is 25.2 Å². The third-order valence-corrected chi connectivity index (χ3v) is 4.30. The summed E-state index contributed by atoms with van der Waals surface area (Å²) in [6.07, 6.45) is 5.89. The summed E-state index contributed by atoms with van der Waals surface area (Å²) in [5.41, 5.74) is -0.112. The highest BCUT2D eigenvalue weighted by Gasteiger charge is 2.60. The molecule has 1 amide bonds. The lowest BCUT2D eigenvalue weighted by molar-refractivity contribution is -0.135. The van der Waals surface area contributed by atoms with Gasteiger partial charge in [-0.2, -0.15) is 0 Å². The Bertz CT molecular complexity index is 292. The predicted molar refractivity (Wildman–Crippen MR) is 58.2 cm³/mol. The van der Waals surface area contributed by atoms with Crippen LogP contribution in [0, 0.1) is 5.92 Å². The fourth-order valence-electron chi connectivity index (χ4n) is 3.13. The molecule has 0 aromatic heterocycles. The molecule has 0 bridgehead atoms. The first-order chi connectivity index (χ1) is 7.16. The van der Waals surface area contributed by atoms with E-state index in [1.165, 1.54) is 12.8 Å². The molecule has 3 rings (SSSR count). The highest BCUT2D eigenvalue weighted by molar-refractivity contribution is 5.92. The minimum Gasteiger partial charge on any atom is -0.323 e. The first-order valence-electron chi connectivity index (χ1n) is 6.27. The van der Waals surface area contributed by atoms with Crippen LogP contribution in [0.1, 0.15) is 46.0 Å². The molecular formula is C12H20N2O. The molecular weight excluding hydrogens is 188 g/mol. The Kier molecular flexibility index (Phi) is 1.91. The van der Waals surface area contributed by atoms with Crippen LogP contribution in [-0.2, 0) is 4.79 Å². The highest BCUT2D eigenvalue weighted by Crippen LogP contribution is 2.46. The van der Waals surface area contributed by atoms with Gasteiger partial charge in [-0.25, -0.2) is 0 Å². The van der Waals surface area contributed by atoms with Gasteiger partial charge in [0.15, 0.2) is 0 Å². The summed E-state index contributed by atoms with van der Waals surface area (Å²) in [7, 11) is 0. The Labute approximate surface area is 91.2 Å². The summed E-state index contributed by atoms with van der Waals surface area (Å²) in [4.78, 5) is 14.4. The molecule has 2 aliphatic carbocycles. The van der Waals surface area contributed by atoms with Crippen LogP contribution in [0.4, 0.5) is 0 Å². The molecule has 3 nitrogen and oxygen atoms in total. The van der Waals surface area contributed by atoms with Crippen molar-refractivity contribution in [3.63, 3.8) is 0 Å². The quantitative estimate of drug-likeness (QED) is 0.745. The highest BCUT2D eigenvalue weighted by atomic mass is 16.2. The van der Waals surface area contributed by atoms with E-state index in [1.807, 2.05) is 0 Å². The van der Waals surface area contributed by atoms with Gasteiger partial charge < -0.3 is 4.90 Å². The number of nitrogens with zero attached hydrogens (tertiary/aromatic N) is 1. The van der Waals surface area contributed by atoms with E-state index >= 15 is 0 Å². The van der Waals surface area contributed by atoms with Crippen LogP contribution in [-0.4, -0.2) is 28.6 Å². The maximum atomic E-state index is 12.3. The molecule has 1 spiro atoms. The largest absolute Gasteiger partial charge is 0.323 e. The number of carbonyl (C=O) groups excluding carboxylic acids is 1. The summed E-state index contributed by atoms with van der Waals surface area (Å²) < 4.78 is 0. The van der Waals surface area contributed by atoms with Crippen molar-refractivity contribution in [3.05, 3.63) is 0 Å². The lowest BCUT2D eigenvalue weighted by Gasteiger charge is -2.42. The molecule has 1 atom stereocenters. The average Bonchev–Trinajstić information content (AvgIpc) is 2.88. The lowest BCUT2D eigenvalue weighted by Crippen LogP contribution is -2.50. The van der Waals surface area contributed by atoms with E-state index in [1.54, 1.807) is 0 Å². The molecule has 1 aliphatic heterocycles. The van der Waals surface area contributed by atoms with E-state index in [9.17, 15) is 4.79 Å². The minimum absolute atomic E-state index is 0.112. The fourth-order valence-corrected chi connectivity index (χ4v) is 3.13. The van der Waals surface area contributed by atoms with Crippen LogP contribution in [0.3, 0.4) is 0 Å². The van der Waals surface area contributed by atoms with Gasteiger partial charge in [0.25, 0.3) is 0 Å². The van der Waals surface area contributed by atoms with Crippen molar-refractivity contribution in [1.82, 2.24) is 10.2 Å². The van der Waals surface area contributed by atoms with Crippen molar-refractivity contribution >= 4 is 5.91 Å². The van der Waals surface area contributed by atoms with Crippen LogP contribution in [0.25, 0.3) is 0 Å². The number of amides is 1. The molecule has 0 aromatic carbocycles. The normalized spacial score (nSPS) is 42.1. The third-order valence-electron chi connectivity index (χ3n) is 4.30. The fraction of sp³-hybridized carbons (Fsp3) is 0.917. The van der Waals surface area contributed by atoms with Gasteiger partial charge in [-0.05, 0) is 38.0 Å². The summed E-state index contributed by atoms with van der Waals surface area (Å²) in [6, 6.07) is 0.532. The van der Waals surface area contributed by atoms with Gasteiger partial charge in [0.1, 0.15) is 0 Å². The van der Waals surface area contributed by atoms with E-state index < -0.39 is 0 Å². The average molecular weight is 208 g/mol. The maximum absolute atomic E-state index is 12.3. The van der Waals surface area contributed by atoms with Crippen LogP contribution in [0.15, 0.2) is 0 Å². The van der Waals surface area contributed by atoms with E-state index in [0.29, 0.717) is 18.1 Å². The predicted octanol–water partition coefficient (Wildman–Crippen LogP) is 1.49. The SMILES string of the molecule is CCC1NC2(CC2)C(=O)N1C1CC(C)C1. The summed E-state index contributed by atoms with van der Waals surface area (Å²) in [6.45, 7) is 4.44. The monoisotopic (exact) mass is 208 g/mol. The van der Waals surface area contributed by atoms with Crippen molar-refractivity contribution in [3.8, 4) is 0 Å². The molecule has 0 aromatic rings. The van der Waals surface area contributed by atoms with Gasteiger partial charge in [0, 0.05) is 6.04 Å². The van der Waals surface area contributed by atoms with Crippen molar-refractivity contribution < 1.29 is 4.79 Å². The van der Waals surface area contributed by atoms with Gasteiger partial charge in [0.05, 0.1) is 11.7 Å². The molecule has 1 saturated heterocycles. The Balaban J connectivity index is 1.77. The van der Waals surface area contributed by atoms with Crippen LogP contribution >= 0.6 is 0 Å². The standard InChI is InChI=1S/C12H20N2O/c1-3-10-13-12(4-5-12)11(15)14(10)9-6-8(2)7-9/h8-10,13H,3-7H2,1-2H3. The molecule has 2 saturated carbocycles. The van der Waals surface area contributed by atoms with Gasteiger partial charge in [0.2, 0.25) is 5.91 Å². The summed E-state index contributed by atoms with van der Waals surface area (Å²) in [5, 5.41) is 3.53. The van der Waals surface area contributed by atoms with Gasteiger partial charge in [-0.1, -0.05) is 13.8 Å². The van der Waals surface area contributed by atoms with E-state index in [4.69, 9.17) is 0 Å². The van der Waals surface area contributed by atoms with Crippen molar-refractivity contribution in [2.24, 2.45) is 5.92 Å². The number of carbonyl (C=O) groups is 1. The molecule has 1 unspecified atom stereocenters. The smallest absolute Gasteiger partial charge is 0.244 e. The summed E-state index contributed by atoms with van der Waals surface area (Å²) in [5.74, 6) is 1.21. The topological polar surface area (TPSA) is 32.3 Å². The molecule has 84 valence electrons. The third kappa shape index (κ3) is 1.25. The van der Waals surface area contributed by atoms with Crippen molar-refractivity contribution in [2.75, 3.05) is 0 Å². The lowest BCUT2D eigenvalue weighted by atomic mass is 9.80.